The highest BCUT2D eigenvalue weighted by molar-refractivity contribution is 9.10. The summed E-state index contributed by atoms with van der Waals surface area (Å²) in [6.45, 7) is 0.559. The molecule has 3 rings (SSSR count). The lowest BCUT2D eigenvalue weighted by Gasteiger charge is -2.09. The highest BCUT2D eigenvalue weighted by atomic mass is 79.9. The molecule has 0 aliphatic carbocycles. The van der Waals surface area contributed by atoms with Crippen LogP contribution in [0.1, 0.15) is 5.56 Å². The zero-order valence-corrected chi connectivity index (χ0v) is 13.0. The molecule has 0 unspecified atom stereocenters. The van der Waals surface area contributed by atoms with Crippen molar-refractivity contribution in [3.05, 3.63) is 83.1 Å². The van der Waals surface area contributed by atoms with Crippen LogP contribution in [0.4, 0.5) is 0 Å². The van der Waals surface area contributed by atoms with Crippen LogP contribution in [-0.4, -0.2) is 4.98 Å². The van der Waals surface area contributed by atoms with E-state index in [2.05, 4.69) is 39.1 Å². The summed E-state index contributed by atoms with van der Waals surface area (Å²) in [5.74, 6) is 0.840. The van der Waals surface area contributed by atoms with Crippen LogP contribution in [-0.2, 0) is 6.61 Å². The van der Waals surface area contributed by atoms with Gasteiger partial charge in [0.05, 0.1) is 0 Å². The summed E-state index contributed by atoms with van der Waals surface area (Å²) in [5, 5.41) is 0. The van der Waals surface area contributed by atoms with E-state index < -0.39 is 0 Å². The van der Waals surface area contributed by atoms with E-state index in [-0.39, 0.29) is 0 Å². The van der Waals surface area contributed by atoms with E-state index in [4.69, 9.17) is 4.74 Å². The van der Waals surface area contributed by atoms with Gasteiger partial charge in [0, 0.05) is 22.4 Å². The van der Waals surface area contributed by atoms with Crippen LogP contribution in [0.3, 0.4) is 0 Å². The second-order valence-corrected chi connectivity index (χ2v) is 5.61. The molecule has 0 fully saturated rings. The molecule has 3 heteroatoms. The predicted molar refractivity (Wildman–Crippen MR) is 88.1 cm³/mol. The molecule has 2 aromatic carbocycles. The second-order valence-electron chi connectivity index (χ2n) is 4.69. The third kappa shape index (κ3) is 3.70. The summed E-state index contributed by atoms with van der Waals surface area (Å²) in [7, 11) is 0. The van der Waals surface area contributed by atoms with Gasteiger partial charge in [-0.25, -0.2) is 0 Å². The molecule has 2 nitrogen and oxygen atoms in total. The summed E-state index contributed by atoms with van der Waals surface area (Å²) in [6.07, 6.45) is 3.62. The number of rotatable bonds is 4. The van der Waals surface area contributed by atoms with Gasteiger partial charge in [-0.2, -0.15) is 0 Å². The van der Waals surface area contributed by atoms with Crippen molar-refractivity contribution >= 4 is 15.9 Å². The van der Waals surface area contributed by atoms with Gasteiger partial charge in [-0.1, -0.05) is 52.3 Å². The van der Waals surface area contributed by atoms with Gasteiger partial charge < -0.3 is 4.74 Å². The smallest absolute Gasteiger partial charge is 0.121 e. The Labute approximate surface area is 132 Å². The Bertz CT molecular complexity index is 714. The summed E-state index contributed by atoms with van der Waals surface area (Å²) in [4.78, 5) is 4.16. The molecule has 0 saturated carbocycles. The molecule has 0 aliphatic heterocycles. The normalized spacial score (nSPS) is 10.3. The molecule has 0 radical (unpaired) electrons. The van der Waals surface area contributed by atoms with Gasteiger partial charge in [0.1, 0.15) is 12.4 Å². The standard InChI is InChI=1S/C18H14BrNO/c19-17-9-16(15-7-4-8-20-12-15)10-18(11-17)21-13-14-5-2-1-3-6-14/h1-12H,13H2. The van der Waals surface area contributed by atoms with Gasteiger partial charge in [0.15, 0.2) is 0 Å². The molecule has 0 bridgehead atoms. The first kappa shape index (κ1) is 13.8. The Balaban J connectivity index is 1.82. The van der Waals surface area contributed by atoms with Gasteiger partial charge in [0.2, 0.25) is 0 Å². The molecule has 0 saturated heterocycles. The molecule has 1 aromatic heterocycles. The zero-order chi connectivity index (χ0) is 14.5. The Morgan fingerprint density at radius 1 is 0.905 bits per heavy atom. The summed E-state index contributed by atoms with van der Waals surface area (Å²) < 4.78 is 6.88. The van der Waals surface area contributed by atoms with E-state index in [1.807, 2.05) is 48.7 Å². The number of aromatic nitrogens is 1. The van der Waals surface area contributed by atoms with Crippen molar-refractivity contribution in [3.63, 3.8) is 0 Å². The molecule has 1 heterocycles. The number of pyridine rings is 1. The van der Waals surface area contributed by atoms with Gasteiger partial charge >= 0.3 is 0 Å². The van der Waals surface area contributed by atoms with Crippen LogP contribution in [0, 0.1) is 0 Å². The van der Waals surface area contributed by atoms with Gasteiger partial charge in [0.25, 0.3) is 0 Å². The monoisotopic (exact) mass is 339 g/mol. The number of nitrogens with zero attached hydrogens (tertiary/aromatic N) is 1. The summed E-state index contributed by atoms with van der Waals surface area (Å²) in [6, 6.07) is 20.2. The lowest BCUT2D eigenvalue weighted by molar-refractivity contribution is 0.306. The van der Waals surface area contributed by atoms with Crippen molar-refractivity contribution in [1.29, 1.82) is 0 Å². The van der Waals surface area contributed by atoms with Gasteiger partial charge in [-0.05, 0) is 35.4 Å². The molecular weight excluding hydrogens is 326 g/mol. The molecule has 0 aliphatic rings. The molecule has 3 aromatic rings. The number of ether oxygens (including phenoxy) is 1. The highest BCUT2D eigenvalue weighted by Gasteiger charge is 2.03. The van der Waals surface area contributed by atoms with Gasteiger partial charge in [-0.3, -0.25) is 4.98 Å². The molecule has 0 amide bonds. The van der Waals surface area contributed by atoms with E-state index in [1.54, 1.807) is 6.20 Å². The van der Waals surface area contributed by atoms with Crippen molar-refractivity contribution in [1.82, 2.24) is 4.98 Å². The topological polar surface area (TPSA) is 22.1 Å². The summed E-state index contributed by atoms with van der Waals surface area (Å²) in [5.41, 5.74) is 3.31. The van der Waals surface area contributed by atoms with Crippen molar-refractivity contribution in [2.24, 2.45) is 0 Å². The minimum atomic E-state index is 0.559. The molecule has 104 valence electrons. The third-order valence-electron chi connectivity index (χ3n) is 3.11. The highest BCUT2D eigenvalue weighted by Crippen LogP contribution is 2.28. The second kappa shape index (κ2) is 6.55. The fourth-order valence-electron chi connectivity index (χ4n) is 2.09. The Hall–Kier alpha value is -2.13. The van der Waals surface area contributed by atoms with E-state index in [0.29, 0.717) is 6.61 Å². The Kier molecular flexibility index (Phi) is 4.31. The maximum atomic E-state index is 5.88. The Morgan fingerprint density at radius 3 is 2.52 bits per heavy atom. The number of halogens is 1. The number of hydrogen-bond acceptors (Lipinski definition) is 2. The average Bonchev–Trinajstić information content (AvgIpc) is 2.54. The van der Waals surface area contributed by atoms with Gasteiger partial charge in [-0.15, -0.1) is 0 Å². The predicted octanol–water partition coefficient (Wildman–Crippen LogP) is 5.09. The van der Waals surface area contributed by atoms with Crippen LogP contribution in [0.5, 0.6) is 5.75 Å². The van der Waals surface area contributed by atoms with Crippen molar-refractivity contribution < 1.29 is 4.74 Å². The molecule has 0 spiro atoms. The van der Waals surface area contributed by atoms with Crippen LogP contribution in [0.2, 0.25) is 0 Å². The first-order valence-corrected chi connectivity index (χ1v) is 7.48. The van der Waals surface area contributed by atoms with Crippen LogP contribution < -0.4 is 4.74 Å². The lowest BCUT2D eigenvalue weighted by atomic mass is 10.1. The van der Waals surface area contributed by atoms with Crippen LogP contribution in [0.15, 0.2) is 77.5 Å². The van der Waals surface area contributed by atoms with E-state index in [9.17, 15) is 0 Å². The van der Waals surface area contributed by atoms with E-state index in [0.717, 1.165) is 26.9 Å². The van der Waals surface area contributed by atoms with Crippen LogP contribution >= 0.6 is 15.9 Å². The Morgan fingerprint density at radius 2 is 1.76 bits per heavy atom. The molecule has 21 heavy (non-hydrogen) atoms. The average molecular weight is 340 g/mol. The van der Waals surface area contributed by atoms with Crippen molar-refractivity contribution in [2.45, 2.75) is 6.61 Å². The SMILES string of the molecule is Brc1cc(OCc2ccccc2)cc(-c2cccnc2)c1. The lowest BCUT2D eigenvalue weighted by Crippen LogP contribution is -1.95. The van der Waals surface area contributed by atoms with Crippen LogP contribution in [0.25, 0.3) is 11.1 Å². The zero-order valence-electron chi connectivity index (χ0n) is 11.4. The number of hydrogen-bond donors (Lipinski definition) is 0. The largest absolute Gasteiger partial charge is 0.489 e. The minimum Gasteiger partial charge on any atom is -0.489 e. The van der Waals surface area contributed by atoms with E-state index >= 15 is 0 Å². The molecule has 0 N–H and O–H groups in total. The van der Waals surface area contributed by atoms with Crippen molar-refractivity contribution in [3.8, 4) is 16.9 Å². The summed E-state index contributed by atoms with van der Waals surface area (Å²) >= 11 is 3.54. The molecular formula is C18H14BrNO. The fourth-order valence-corrected chi connectivity index (χ4v) is 2.56. The minimum absolute atomic E-state index is 0.559. The maximum Gasteiger partial charge on any atom is 0.121 e. The fraction of sp³-hybridized carbons (Fsp3) is 0.0556. The first-order chi connectivity index (χ1) is 10.3. The van der Waals surface area contributed by atoms with E-state index in [1.165, 1.54) is 0 Å². The maximum absolute atomic E-state index is 5.88. The molecule has 0 atom stereocenters. The quantitative estimate of drug-likeness (QED) is 0.660. The number of benzene rings is 2. The third-order valence-corrected chi connectivity index (χ3v) is 3.57. The van der Waals surface area contributed by atoms with Crippen molar-refractivity contribution in [2.75, 3.05) is 0 Å². The first-order valence-electron chi connectivity index (χ1n) is 6.69.